The van der Waals surface area contributed by atoms with Gasteiger partial charge in [0, 0.05) is 115 Å². The summed E-state index contributed by atoms with van der Waals surface area (Å²) in [5.74, 6) is -1.13. The van der Waals surface area contributed by atoms with Crippen LogP contribution in [0.25, 0.3) is 62.4 Å². The van der Waals surface area contributed by atoms with Crippen LogP contribution in [0.1, 0.15) is 97.1 Å². The number of carbonyl (C=O) groups excluding carboxylic acids is 4. The SMILES string of the molecule is CC.CC.COCCN(Cc1ccc(-c2cc3nccc(Oc4ccc(CC(N)=O)cc4F)c3s2)nc1)C(=O)OC(C)(C)C.COCCN(Cc1ccc(-c2cc3nccc(Oc4ccc(N)cc4F)c3s2)nc1)C(=O)OC(C)(C)C.COCCNCc1ccc(-c2cc3nccc(Oc4ccc(CC(N)=O)cc4F)c3s2)nc1. The Kier molecular flexibility index (Phi) is 33.0. The highest BCUT2D eigenvalue weighted by atomic mass is 32.1. The topological polar surface area (TPSA) is 316 Å². The van der Waals surface area contributed by atoms with Gasteiger partial charge in [-0.05, 0) is 142 Å². The molecule has 9 aromatic heterocycles. The quantitative estimate of drug-likeness (QED) is 0.0261. The molecular weight excluding hydrogens is 1520 g/mol. The van der Waals surface area contributed by atoms with E-state index >= 15 is 0 Å². The van der Waals surface area contributed by atoms with Gasteiger partial charge in [0.05, 0.1) is 108 Å². The lowest BCUT2D eigenvalue weighted by Gasteiger charge is -2.27. The number of hydrogen-bond acceptors (Lipinski definition) is 23. The van der Waals surface area contributed by atoms with Gasteiger partial charge in [-0.15, -0.1) is 34.0 Å². The number of nitrogens with one attached hydrogen (secondary N) is 1. The smallest absolute Gasteiger partial charge is 0.410 e. The first kappa shape index (κ1) is 88.3. The van der Waals surface area contributed by atoms with Crippen LogP contribution >= 0.6 is 34.0 Å². The number of fused-ring (bicyclic) bond motifs is 3. The van der Waals surface area contributed by atoms with E-state index in [0.29, 0.717) is 92.1 Å². The van der Waals surface area contributed by atoms with Gasteiger partial charge in [0.25, 0.3) is 0 Å². The molecule has 9 heterocycles. The average molecular weight is 1620 g/mol. The summed E-state index contributed by atoms with van der Waals surface area (Å²) in [7, 11) is 4.85. The van der Waals surface area contributed by atoms with Crippen molar-refractivity contribution in [1.82, 2.24) is 45.0 Å². The molecule has 4 amide bonds. The molecule has 0 saturated carbocycles. The van der Waals surface area contributed by atoms with E-state index in [1.54, 1.807) is 98.5 Å². The maximum atomic E-state index is 14.6. The third-order valence-corrected chi connectivity index (χ3v) is 19.2. The van der Waals surface area contributed by atoms with Gasteiger partial charge in [0.1, 0.15) is 28.5 Å². The van der Waals surface area contributed by atoms with Gasteiger partial charge in [0.2, 0.25) is 11.8 Å². The van der Waals surface area contributed by atoms with E-state index in [4.69, 9.17) is 55.1 Å². The fourth-order valence-electron chi connectivity index (χ4n) is 10.6. The van der Waals surface area contributed by atoms with Crippen LogP contribution in [0, 0.1) is 17.5 Å². The van der Waals surface area contributed by atoms with Crippen molar-refractivity contribution < 1.29 is 70.2 Å². The highest BCUT2D eigenvalue weighted by molar-refractivity contribution is 7.23. The van der Waals surface area contributed by atoms with Crippen LogP contribution in [0.2, 0.25) is 0 Å². The third kappa shape index (κ3) is 26.2. The molecule has 602 valence electrons. The number of halogens is 3. The number of primary amides is 2. The summed E-state index contributed by atoms with van der Waals surface area (Å²) in [6.45, 7) is 23.3. The number of carbonyl (C=O) groups is 4. The number of rotatable bonds is 28. The van der Waals surface area contributed by atoms with E-state index in [9.17, 15) is 32.3 Å². The first-order valence-corrected chi connectivity index (χ1v) is 39.0. The summed E-state index contributed by atoms with van der Waals surface area (Å²) < 4.78 is 89.7. The maximum absolute atomic E-state index is 14.6. The van der Waals surface area contributed by atoms with Crippen molar-refractivity contribution in [3.8, 4) is 66.2 Å². The lowest BCUT2D eigenvalue weighted by atomic mass is 10.1. The van der Waals surface area contributed by atoms with Crippen molar-refractivity contribution in [3.05, 3.63) is 210 Å². The zero-order chi connectivity index (χ0) is 82.7. The molecule has 12 aromatic rings. The van der Waals surface area contributed by atoms with E-state index in [1.165, 1.54) is 70.4 Å². The minimum atomic E-state index is -0.609. The first-order valence-electron chi connectivity index (χ1n) is 36.6. The standard InChI is InChI=1S/C29H31FN4O5S.C27H29FN4O4S.C24H23FN4O3S.2C2H6/c1-29(2,3)39-28(36)34(11-12-37-4)17-19-5-7-21(33-16-19)25-15-22-27(40-25)24(9-10-32-22)38-23-8-6-18(13-20(23)30)14-26(31)35;1-27(2,3)36-26(33)32(11-12-34-4)16-17-5-7-20(31-15-17)24-14-21-25(37-24)23(9-10-30-21)35-22-8-6-18(29)13-19(22)28;1-31-9-8-27-13-16-2-4-18(29-14-16)22-12-19-24(33-22)21(6-7-28-19)32-20-5-3-15(10-17(20)25)11-23(26)30;2*1-2/h5-10,13,15-16H,11-12,14,17H2,1-4H3,(H2,31,35);5-10,13-15H,11-12,16,29H2,1-4H3;2-7,10,12,14,27H,8-9,11,13H2,1H3,(H2,26,30);2*1-2H3. The van der Waals surface area contributed by atoms with Crippen molar-refractivity contribution in [2.45, 2.75) is 113 Å². The molecule has 7 N–H and O–H groups in total. The number of nitrogens with zero attached hydrogens (tertiary/aromatic N) is 8. The largest absolute Gasteiger partial charge is 0.453 e. The second kappa shape index (κ2) is 42.6. The van der Waals surface area contributed by atoms with E-state index in [2.05, 4.69) is 35.2 Å². The Morgan fingerprint density at radius 2 is 0.772 bits per heavy atom. The van der Waals surface area contributed by atoms with Crippen LogP contribution in [0.4, 0.5) is 28.4 Å². The Labute approximate surface area is 672 Å². The summed E-state index contributed by atoms with van der Waals surface area (Å²) >= 11 is 4.35. The highest BCUT2D eigenvalue weighted by Crippen LogP contribution is 2.43. The molecule has 12 rings (SSSR count). The number of nitrogen functional groups attached to an aromatic ring is 1. The number of amides is 4. The number of anilines is 1. The Morgan fingerprint density at radius 3 is 1.09 bits per heavy atom. The number of pyridine rings is 6. The van der Waals surface area contributed by atoms with Gasteiger partial charge in [-0.1, -0.05) is 58.0 Å². The first-order chi connectivity index (χ1) is 54.7. The number of benzene rings is 3. The second-order valence-electron chi connectivity index (χ2n) is 26.8. The van der Waals surface area contributed by atoms with Crippen molar-refractivity contribution in [2.24, 2.45) is 11.5 Å². The molecule has 0 atom stereocenters. The van der Waals surface area contributed by atoms with Crippen molar-refractivity contribution in [2.75, 3.05) is 66.5 Å². The molecular formula is C84H95F3N12O12S3. The fourth-order valence-corrected chi connectivity index (χ4v) is 13.7. The number of aromatic nitrogens is 6. The Morgan fingerprint density at radius 1 is 0.430 bits per heavy atom. The van der Waals surface area contributed by atoms with Gasteiger partial charge in [0.15, 0.2) is 34.7 Å². The van der Waals surface area contributed by atoms with Crippen LogP contribution in [0.3, 0.4) is 0 Å². The zero-order valence-electron chi connectivity index (χ0n) is 65.9. The van der Waals surface area contributed by atoms with Crippen molar-refractivity contribution in [3.63, 3.8) is 0 Å². The molecule has 0 bridgehead atoms. The third-order valence-electron chi connectivity index (χ3n) is 15.7. The van der Waals surface area contributed by atoms with Crippen molar-refractivity contribution in [1.29, 1.82) is 0 Å². The summed E-state index contributed by atoms with van der Waals surface area (Å²) in [5.41, 5.74) is 23.3. The fraction of sp³-hybridized carbons (Fsp3) is 0.310. The van der Waals surface area contributed by atoms with Crippen LogP contribution in [-0.4, -0.2) is 136 Å². The molecule has 0 aliphatic heterocycles. The molecule has 0 unspecified atom stereocenters. The monoisotopic (exact) mass is 1620 g/mol. The minimum Gasteiger partial charge on any atom is -0.453 e. The number of thiophene rings is 3. The van der Waals surface area contributed by atoms with E-state index < -0.39 is 52.7 Å². The average Bonchev–Trinajstić information content (AvgIpc) is 1.68. The summed E-state index contributed by atoms with van der Waals surface area (Å²) in [5, 5.41) is 3.29. The van der Waals surface area contributed by atoms with Crippen LogP contribution in [0.5, 0.6) is 34.5 Å². The van der Waals surface area contributed by atoms with Gasteiger partial charge in [-0.25, -0.2) is 22.8 Å². The molecule has 0 saturated heterocycles. The second-order valence-corrected chi connectivity index (χ2v) is 30.0. The number of nitrogens with two attached hydrogens (primary N) is 3. The van der Waals surface area contributed by atoms with Gasteiger partial charge in [-0.3, -0.25) is 39.5 Å². The Bertz CT molecular complexity index is 5160. The highest BCUT2D eigenvalue weighted by Gasteiger charge is 2.26. The minimum absolute atomic E-state index is 0.0278. The molecule has 0 fully saturated rings. The maximum Gasteiger partial charge on any atom is 0.410 e. The van der Waals surface area contributed by atoms with E-state index in [0.717, 1.165) is 80.1 Å². The van der Waals surface area contributed by atoms with Gasteiger partial charge >= 0.3 is 12.2 Å². The number of methoxy groups -OCH3 is 3. The Hall–Kier alpha value is -11.3. The Balaban J connectivity index is 0.000000210. The van der Waals surface area contributed by atoms with Crippen LogP contribution in [-0.2, 0) is 65.7 Å². The molecule has 0 spiro atoms. The molecule has 114 heavy (non-hydrogen) atoms. The molecule has 24 nitrogen and oxygen atoms in total. The lowest BCUT2D eigenvalue weighted by Crippen LogP contribution is -2.38. The van der Waals surface area contributed by atoms with Crippen molar-refractivity contribution >= 4 is 94.3 Å². The van der Waals surface area contributed by atoms with E-state index in [1.807, 2.05) is 130 Å². The van der Waals surface area contributed by atoms with Gasteiger partial charge in [-0.2, -0.15) is 0 Å². The number of hydrogen-bond donors (Lipinski definition) is 4. The van der Waals surface area contributed by atoms with Gasteiger partial charge < -0.3 is 70.2 Å². The summed E-state index contributed by atoms with van der Waals surface area (Å²) in [6, 6.07) is 35.4. The summed E-state index contributed by atoms with van der Waals surface area (Å²) in [6.07, 6.45) is 9.22. The normalized spacial score (nSPS) is 11.1. The zero-order valence-corrected chi connectivity index (χ0v) is 68.4. The molecule has 3 aromatic carbocycles. The predicted molar refractivity (Wildman–Crippen MR) is 442 cm³/mol. The van der Waals surface area contributed by atoms with Crippen LogP contribution in [0.15, 0.2) is 165 Å². The molecule has 0 aliphatic carbocycles. The van der Waals surface area contributed by atoms with Crippen LogP contribution < -0.4 is 36.7 Å². The molecule has 0 aliphatic rings. The lowest BCUT2D eigenvalue weighted by molar-refractivity contribution is -0.118. The predicted octanol–water partition coefficient (Wildman–Crippen LogP) is 18.1. The number of ether oxygens (including phenoxy) is 8. The van der Waals surface area contributed by atoms with E-state index in [-0.39, 0.29) is 30.1 Å². The molecule has 0 radical (unpaired) electrons. The summed E-state index contributed by atoms with van der Waals surface area (Å²) in [4.78, 5) is 80.4. The molecule has 30 heteroatoms.